The molecule has 0 aliphatic carbocycles. The van der Waals surface area contributed by atoms with Crippen molar-refractivity contribution in [2.24, 2.45) is 0 Å². The second kappa shape index (κ2) is 7.63. The standard InChI is InChI=1S/C16H16BrClFNS/c1-3-20-16(10-6-4-5-7-15(10)21-2)11-8-13(18)12(17)9-14(11)19/h4-9,16,20H,3H2,1-2H3. The molecule has 2 aromatic rings. The van der Waals surface area contributed by atoms with E-state index in [2.05, 4.69) is 21.2 Å². The minimum Gasteiger partial charge on any atom is -0.306 e. The highest BCUT2D eigenvalue weighted by atomic mass is 79.9. The molecule has 1 unspecified atom stereocenters. The maximum atomic E-state index is 14.4. The van der Waals surface area contributed by atoms with Gasteiger partial charge in [-0.15, -0.1) is 11.8 Å². The molecule has 0 fully saturated rings. The van der Waals surface area contributed by atoms with Gasteiger partial charge in [0.15, 0.2) is 0 Å². The quantitative estimate of drug-likeness (QED) is 0.524. The molecule has 0 spiro atoms. The van der Waals surface area contributed by atoms with Crippen molar-refractivity contribution in [2.45, 2.75) is 17.9 Å². The van der Waals surface area contributed by atoms with Crippen LogP contribution in [0.3, 0.4) is 0 Å². The van der Waals surface area contributed by atoms with Crippen molar-refractivity contribution in [3.8, 4) is 0 Å². The summed E-state index contributed by atoms with van der Waals surface area (Å²) in [6, 6.07) is 10.9. The molecule has 0 saturated carbocycles. The summed E-state index contributed by atoms with van der Waals surface area (Å²) in [4.78, 5) is 1.13. The molecule has 1 atom stereocenters. The molecule has 1 N–H and O–H groups in total. The Bertz CT molecular complexity index is 636. The van der Waals surface area contributed by atoms with E-state index in [0.29, 0.717) is 15.1 Å². The Hall–Kier alpha value is -0.550. The second-order valence-electron chi connectivity index (χ2n) is 4.52. The van der Waals surface area contributed by atoms with Gasteiger partial charge in [0.05, 0.1) is 11.1 Å². The first-order chi connectivity index (χ1) is 10.1. The molecule has 0 heterocycles. The highest BCUT2D eigenvalue weighted by Crippen LogP contribution is 2.34. The summed E-state index contributed by atoms with van der Waals surface area (Å²) in [5, 5.41) is 3.86. The predicted molar refractivity (Wildman–Crippen MR) is 92.9 cm³/mol. The molecule has 0 radical (unpaired) electrons. The van der Waals surface area contributed by atoms with Gasteiger partial charge in [0.25, 0.3) is 0 Å². The first-order valence-electron chi connectivity index (χ1n) is 6.59. The van der Waals surface area contributed by atoms with Gasteiger partial charge >= 0.3 is 0 Å². The van der Waals surface area contributed by atoms with Gasteiger partial charge in [0, 0.05) is 14.9 Å². The van der Waals surface area contributed by atoms with Crippen molar-refractivity contribution in [3.63, 3.8) is 0 Å². The number of nitrogens with one attached hydrogen (secondary N) is 1. The second-order valence-corrected chi connectivity index (χ2v) is 6.63. The van der Waals surface area contributed by atoms with Gasteiger partial charge in [-0.25, -0.2) is 4.39 Å². The highest BCUT2D eigenvalue weighted by Gasteiger charge is 2.21. The SMILES string of the molecule is CCNC(c1cc(Cl)c(Br)cc1F)c1ccccc1SC. The zero-order chi connectivity index (χ0) is 15.4. The third-order valence-corrected chi connectivity index (χ3v) is 5.22. The van der Waals surface area contributed by atoms with Crippen molar-refractivity contribution >= 4 is 39.3 Å². The monoisotopic (exact) mass is 387 g/mol. The van der Waals surface area contributed by atoms with Gasteiger partial charge in [0.2, 0.25) is 0 Å². The van der Waals surface area contributed by atoms with E-state index < -0.39 is 0 Å². The van der Waals surface area contributed by atoms with Crippen molar-refractivity contribution < 1.29 is 4.39 Å². The summed E-state index contributed by atoms with van der Waals surface area (Å²) in [5.74, 6) is -0.270. The fourth-order valence-corrected chi connectivity index (χ4v) is 3.38. The number of halogens is 3. The largest absolute Gasteiger partial charge is 0.306 e. The van der Waals surface area contributed by atoms with Gasteiger partial charge in [0.1, 0.15) is 5.82 Å². The van der Waals surface area contributed by atoms with E-state index >= 15 is 0 Å². The summed E-state index contributed by atoms with van der Waals surface area (Å²) < 4.78 is 15.0. The molecule has 1 nitrogen and oxygen atoms in total. The average molecular weight is 389 g/mol. The van der Waals surface area contributed by atoms with Crippen LogP contribution in [0.2, 0.25) is 5.02 Å². The van der Waals surface area contributed by atoms with Crippen LogP contribution in [0, 0.1) is 5.82 Å². The third kappa shape index (κ3) is 3.81. The maximum absolute atomic E-state index is 14.4. The molecular weight excluding hydrogens is 373 g/mol. The highest BCUT2D eigenvalue weighted by molar-refractivity contribution is 9.10. The molecule has 0 aromatic heterocycles. The van der Waals surface area contributed by atoms with Gasteiger partial charge in [-0.05, 0) is 52.5 Å². The van der Waals surface area contributed by atoms with Gasteiger partial charge in [-0.3, -0.25) is 0 Å². The molecule has 112 valence electrons. The first-order valence-corrected chi connectivity index (χ1v) is 8.98. The topological polar surface area (TPSA) is 12.0 Å². The number of hydrogen-bond donors (Lipinski definition) is 1. The smallest absolute Gasteiger partial charge is 0.129 e. The zero-order valence-electron chi connectivity index (χ0n) is 11.8. The Balaban J connectivity index is 2.56. The molecule has 0 aliphatic rings. The van der Waals surface area contributed by atoms with Crippen LogP contribution in [0.4, 0.5) is 4.39 Å². The minimum atomic E-state index is -0.270. The Morgan fingerprint density at radius 2 is 2.00 bits per heavy atom. The van der Waals surface area contributed by atoms with Crippen LogP contribution in [0.15, 0.2) is 45.8 Å². The lowest BCUT2D eigenvalue weighted by Crippen LogP contribution is -2.23. The molecular formula is C16H16BrClFNS. The number of hydrogen-bond acceptors (Lipinski definition) is 2. The van der Waals surface area contributed by atoms with E-state index in [1.807, 2.05) is 37.4 Å². The lowest BCUT2D eigenvalue weighted by atomic mass is 9.98. The average Bonchev–Trinajstić information content (AvgIpc) is 2.49. The van der Waals surface area contributed by atoms with E-state index in [9.17, 15) is 4.39 Å². The Labute approximate surface area is 142 Å². The first kappa shape index (κ1) is 16.8. The summed E-state index contributed by atoms with van der Waals surface area (Å²) in [6.07, 6.45) is 2.02. The lowest BCUT2D eigenvalue weighted by Gasteiger charge is -2.22. The van der Waals surface area contributed by atoms with Crippen molar-refractivity contribution in [2.75, 3.05) is 12.8 Å². The van der Waals surface area contributed by atoms with Gasteiger partial charge in [-0.2, -0.15) is 0 Å². The number of thioether (sulfide) groups is 1. The van der Waals surface area contributed by atoms with Crippen LogP contribution in [-0.2, 0) is 0 Å². The molecule has 0 aliphatic heterocycles. The van der Waals surface area contributed by atoms with Crippen molar-refractivity contribution in [1.82, 2.24) is 5.32 Å². The fourth-order valence-electron chi connectivity index (χ4n) is 2.26. The van der Waals surface area contributed by atoms with E-state index in [0.717, 1.165) is 17.0 Å². The summed E-state index contributed by atoms with van der Waals surface area (Å²) >= 11 is 11.1. The third-order valence-electron chi connectivity index (χ3n) is 3.21. The van der Waals surface area contributed by atoms with Gasteiger partial charge < -0.3 is 5.32 Å². The molecule has 0 amide bonds. The molecule has 0 saturated heterocycles. The lowest BCUT2D eigenvalue weighted by molar-refractivity contribution is 0.554. The molecule has 5 heteroatoms. The van der Waals surface area contributed by atoms with Crippen LogP contribution >= 0.6 is 39.3 Å². The summed E-state index contributed by atoms with van der Waals surface area (Å²) in [7, 11) is 0. The summed E-state index contributed by atoms with van der Waals surface area (Å²) in [6.45, 7) is 2.74. The van der Waals surface area contributed by atoms with Crippen LogP contribution < -0.4 is 5.32 Å². The van der Waals surface area contributed by atoms with Crippen LogP contribution in [-0.4, -0.2) is 12.8 Å². The van der Waals surface area contributed by atoms with E-state index in [1.54, 1.807) is 17.8 Å². The van der Waals surface area contributed by atoms with Crippen LogP contribution in [0.5, 0.6) is 0 Å². The van der Waals surface area contributed by atoms with E-state index in [4.69, 9.17) is 11.6 Å². The maximum Gasteiger partial charge on any atom is 0.129 e. The van der Waals surface area contributed by atoms with E-state index in [1.165, 1.54) is 6.07 Å². The fraction of sp³-hybridized carbons (Fsp3) is 0.250. The van der Waals surface area contributed by atoms with Crippen LogP contribution in [0.1, 0.15) is 24.1 Å². The molecule has 0 bridgehead atoms. The van der Waals surface area contributed by atoms with Gasteiger partial charge in [-0.1, -0.05) is 36.7 Å². The molecule has 2 aromatic carbocycles. The van der Waals surface area contributed by atoms with E-state index in [-0.39, 0.29) is 11.9 Å². The molecule has 21 heavy (non-hydrogen) atoms. The minimum absolute atomic E-state index is 0.218. The Kier molecular flexibility index (Phi) is 6.11. The zero-order valence-corrected chi connectivity index (χ0v) is 14.9. The van der Waals surface area contributed by atoms with Crippen molar-refractivity contribution in [3.05, 3.63) is 62.8 Å². The molecule has 2 rings (SSSR count). The van der Waals surface area contributed by atoms with Crippen molar-refractivity contribution in [1.29, 1.82) is 0 Å². The Morgan fingerprint density at radius 3 is 2.67 bits per heavy atom. The van der Waals surface area contributed by atoms with Crippen LogP contribution in [0.25, 0.3) is 0 Å². The number of benzene rings is 2. The number of rotatable bonds is 5. The Morgan fingerprint density at radius 1 is 1.29 bits per heavy atom. The normalized spacial score (nSPS) is 12.4. The summed E-state index contributed by atoms with van der Waals surface area (Å²) in [5.41, 5.74) is 1.62. The predicted octanol–water partition coefficient (Wildman–Crippen LogP) is 5.66.